The molecule has 188 valence electrons. The molecule has 2 aromatic carbocycles. The third-order valence-electron chi connectivity index (χ3n) is 6.75. The fraction of sp³-hybridized carbons (Fsp3) is 0.345. The number of aryl methyl sites for hydroxylation is 1. The van der Waals surface area contributed by atoms with Crippen LogP contribution in [0.3, 0.4) is 0 Å². The average Bonchev–Trinajstić information content (AvgIpc) is 2.86. The minimum Gasteiger partial charge on any atom is -0.497 e. The van der Waals surface area contributed by atoms with Crippen molar-refractivity contribution in [1.29, 1.82) is 0 Å². The van der Waals surface area contributed by atoms with E-state index in [1.165, 1.54) is 14.2 Å². The number of ether oxygens (including phenoxy) is 3. The van der Waals surface area contributed by atoms with Crippen LogP contribution >= 0.6 is 0 Å². The van der Waals surface area contributed by atoms with Gasteiger partial charge in [-0.3, -0.25) is 4.79 Å². The molecule has 0 saturated heterocycles. The summed E-state index contributed by atoms with van der Waals surface area (Å²) in [5.74, 6) is -1.57. The van der Waals surface area contributed by atoms with E-state index in [4.69, 9.17) is 14.2 Å². The van der Waals surface area contributed by atoms with Crippen molar-refractivity contribution in [2.75, 3.05) is 26.2 Å². The van der Waals surface area contributed by atoms with Gasteiger partial charge in [0, 0.05) is 29.3 Å². The van der Waals surface area contributed by atoms with Gasteiger partial charge in [-0.15, -0.1) is 0 Å². The Morgan fingerprint density at radius 2 is 1.50 bits per heavy atom. The highest BCUT2D eigenvalue weighted by Gasteiger charge is 2.48. The molecule has 2 aromatic rings. The van der Waals surface area contributed by atoms with Gasteiger partial charge in [0.05, 0.1) is 26.9 Å². The van der Waals surface area contributed by atoms with Gasteiger partial charge >= 0.3 is 11.9 Å². The summed E-state index contributed by atoms with van der Waals surface area (Å²) in [5, 5.41) is 0. The smallest absolute Gasteiger partial charge is 0.355 e. The van der Waals surface area contributed by atoms with Crippen molar-refractivity contribution in [2.24, 2.45) is 5.41 Å². The Morgan fingerprint density at radius 1 is 0.889 bits per heavy atom. The van der Waals surface area contributed by atoms with Crippen LogP contribution < -0.4 is 9.64 Å². The Morgan fingerprint density at radius 3 is 2.06 bits per heavy atom. The number of methoxy groups -OCH3 is 3. The van der Waals surface area contributed by atoms with E-state index < -0.39 is 17.9 Å². The molecule has 7 nitrogen and oxygen atoms in total. The molecule has 0 fully saturated rings. The van der Waals surface area contributed by atoms with Gasteiger partial charge in [-0.1, -0.05) is 43.7 Å². The molecule has 0 N–H and O–H groups in total. The maximum absolute atomic E-state index is 13.8. The zero-order valence-corrected chi connectivity index (χ0v) is 21.5. The number of rotatable bonds is 5. The lowest BCUT2D eigenvalue weighted by Gasteiger charge is -2.44. The molecule has 2 aliphatic rings. The summed E-state index contributed by atoms with van der Waals surface area (Å²) in [6.07, 6.45) is 0.851. The van der Waals surface area contributed by atoms with Crippen LogP contribution in [0.5, 0.6) is 5.75 Å². The highest BCUT2D eigenvalue weighted by molar-refractivity contribution is 6.11. The quantitative estimate of drug-likeness (QED) is 0.555. The predicted octanol–water partition coefficient (Wildman–Crippen LogP) is 4.85. The first kappa shape index (κ1) is 25.2. The van der Waals surface area contributed by atoms with Crippen LogP contribution in [0, 0.1) is 12.3 Å². The molecular formula is C29H31NO6. The second-order valence-corrected chi connectivity index (χ2v) is 9.92. The van der Waals surface area contributed by atoms with E-state index in [-0.39, 0.29) is 22.5 Å². The minimum atomic E-state index is -0.764. The van der Waals surface area contributed by atoms with Crippen molar-refractivity contribution in [3.8, 4) is 5.75 Å². The van der Waals surface area contributed by atoms with E-state index in [2.05, 4.69) is 0 Å². The number of carbonyl (C=O) groups excluding carboxylic acids is 3. The fourth-order valence-corrected chi connectivity index (χ4v) is 5.10. The van der Waals surface area contributed by atoms with Crippen molar-refractivity contribution < 1.29 is 28.6 Å². The number of hydrogen-bond donors (Lipinski definition) is 0. The molecule has 1 atom stereocenters. The molecule has 0 spiro atoms. The molecular weight excluding hydrogens is 458 g/mol. The summed E-state index contributed by atoms with van der Waals surface area (Å²) in [7, 11) is 4.11. The first-order valence-corrected chi connectivity index (χ1v) is 11.8. The number of benzene rings is 2. The van der Waals surface area contributed by atoms with Gasteiger partial charge in [0.15, 0.2) is 5.78 Å². The molecule has 0 bridgehead atoms. The van der Waals surface area contributed by atoms with Crippen LogP contribution in [0.1, 0.15) is 43.7 Å². The Bertz CT molecular complexity index is 1270. The predicted molar refractivity (Wildman–Crippen MR) is 135 cm³/mol. The van der Waals surface area contributed by atoms with E-state index in [9.17, 15) is 14.4 Å². The number of esters is 2. The zero-order valence-electron chi connectivity index (χ0n) is 21.5. The molecule has 1 aliphatic carbocycles. The van der Waals surface area contributed by atoms with E-state index in [0.717, 1.165) is 11.1 Å². The maximum atomic E-state index is 13.8. The summed E-state index contributed by atoms with van der Waals surface area (Å²) in [4.78, 5) is 42.2. The van der Waals surface area contributed by atoms with Crippen molar-refractivity contribution in [2.45, 2.75) is 39.5 Å². The molecule has 36 heavy (non-hydrogen) atoms. The summed E-state index contributed by atoms with van der Waals surface area (Å²) < 4.78 is 15.7. The first-order chi connectivity index (χ1) is 17.1. The maximum Gasteiger partial charge on any atom is 0.355 e. The number of carbonyl (C=O) groups is 3. The monoisotopic (exact) mass is 489 g/mol. The summed E-state index contributed by atoms with van der Waals surface area (Å²) in [5.41, 5.74) is 3.34. The normalized spacial score (nSPS) is 19.1. The molecule has 4 rings (SSSR count). The molecule has 1 heterocycles. The average molecular weight is 490 g/mol. The van der Waals surface area contributed by atoms with Crippen LogP contribution in [-0.2, 0) is 23.9 Å². The lowest BCUT2D eigenvalue weighted by atomic mass is 9.68. The summed E-state index contributed by atoms with van der Waals surface area (Å²) in [6.45, 7) is 6.02. The first-order valence-electron chi connectivity index (χ1n) is 11.8. The second kappa shape index (κ2) is 9.64. The second-order valence-electron chi connectivity index (χ2n) is 9.92. The molecule has 1 aliphatic heterocycles. The Kier molecular flexibility index (Phi) is 6.76. The number of anilines is 1. The van der Waals surface area contributed by atoms with Crippen LogP contribution in [0.2, 0.25) is 0 Å². The van der Waals surface area contributed by atoms with Gasteiger partial charge in [-0.05, 0) is 48.6 Å². The number of ketones is 1. The van der Waals surface area contributed by atoms with Crippen LogP contribution in [0.4, 0.5) is 5.69 Å². The summed E-state index contributed by atoms with van der Waals surface area (Å²) >= 11 is 0. The third kappa shape index (κ3) is 4.41. The fourth-order valence-electron chi connectivity index (χ4n) is 5.10. The van der Waals surface area contributed by atoms with Crippen molar-refractivity contribution in [3.05, 3.63) is 82.2 Å². The lowest BCUT2D eigenvalue weighted by Crippen LogP contribution is -2.43. The molecule has 7 heteroatoms. The standard InChI is InChI=1S/C29H31NO6/c1-17-7-9-18(10-8-17)23-24-21(15-29(2,3)16-22(24)31)30(19-11-13-20(34-4)14-12-19)26(28(33)36-6)25(23)27(32)35-5/h7-14,23H,15-16H2,1-6H3. The Hall–Kier alpha value is -3.87. The molecule has 0 saturated carbocycles. The molecule has 0 radical (unpaired) electrons. The van der Waals surface area contributed by atoms with Gasteiger partial charge in [0.25, 0.3) is 0 Å². The third-order valence-corrected chi connectivity index (χ3v) is 6.75. The zero-order chi connectivity index (χ0) is 26.2. The van der Waals surface area contributed by atoms with E-state index >= 15 is 0 Å². The van der Waals surface area contributed by atoms with E-state index in [1.54, 1.807) is 36.3 Å². The molecule has 1 unspecified atom stereocenters. The van der Waals surface area contributed by atoms with Crippen LogP contribution in [-0.4, -0.2) is 39.1 Å². The highest BCUT2D eigenvalue weighted by atomic mass is 16.5. The van der Waals surface area contributed by atoms with E-state index in [0.29, 0.717) is 35.5 Å². The Labute approximate surface area is 211 Å². The number of allylic oxidation sites excluding steroid dienone is 2. The van der Waals surface area contributed by atoms with Crippen molar-refractivity contribution in [3.63, 3.8) is 0 Å². The number of hydrogen-bond acceptors (Lipinski definition) is 7. The minimum absolute atomic E-state index is 0.0457. The van der Waals surface area contributed by atoms with Gasteiger partial charge in [-0.25, -0.2) is 9.59 Å². The van der Waals surface area contributed by atoms with Crippen LogP contribution in [0.25, 0.3) is 0 Å². The number of Topliss-reactive ketones (excluding diaryl/α,β-unsaturated/α-hetero) is 1. The number of nitrogens with zero attached hydrogens (tertiary/aromatic N) is 1. The van der Waals surface area contributed by atoms with Gasteiger partial charge in [0.1, 0.15) is 11.4 Å². The lowest BCUT2D eigenvalue weighted by molar-refractivity contribution is -0.139. The van der Waals surface area contributed by atoms with Crippen molar-refractivity contribution in [1.82, 2.24) is 0 Å². The highest BCUT2D eigenvalue weighted by Crippen LogP contribution is 2.51. The van der Waals surface area contributed by atoms with Crippen molar-refractivity contribution >= 4 is 23.4 Å². The Balaban J connectivity index is 2.10. The molecule has 0 amide bonds. The SMILES string of the molecule is COC(=O)C1=C(C(=O)OC)N(c2ccc(OC)cc2)C2=C(C(=O)CC(C)(C)C2)C1c1ccc(C)cc1. The van der Waals surface area contributed by atoms with Gasteiger partial charge < -0.3 is 19.1 Å². The molecule has 0 aromatic heterocycles. The van der Waals surface area contributed by atoms with Gasteiger partial charge in [-0.2, -0.15) is 0 Å². The largest absolute Gasteiger partial charge is 0.497 e. The van der Waals surface area contributed by atoms with Crippen LogP contribution in [0.15, 0.2) is 71.1 Å². The van der Waals surface area contributed by atoms with Gasteiger partial charge in [0.2, 0.25) is 0 Å². The topological polar surface area (TPSA) is 82.1 Å². The summed E-state index contributed by atoms with van der Waals surface area (Å²) in [6, 6.07) is 14.7. The van der Waals surface area contributed by atoms with E-state index in [1.807, 2.05) is 45.0 Å².